The summed E-state index contributed by atoms with van der Waals surface area (Å²) < 4.78 is 6.27. The number of hydrogen-bond acceptors (Lipinski definition) is 2. The molecule has 2 heteroatoms. The highest BCUT2D eigenvalue weighted by Gasteiger charge is 2.32. The molecule has 2 nitrogen and oxygen atoms in total. The fourth-order valence-corrected chi connectivity index (χ4v) is 2.47. The lowest BCUT2D eigenvalue weighted by atomic mass is 9.84. The van der Waals surface area contributed by atoms with Gasteiger partial charge in [0.15, 0.2) is 0 Å². The minimum Gasteiger partial charge on any atom is -0.374 e. The van der Waals surface area contributed by atoms with E-state index in [0.29, 0.717) is 6.04 Å². The average Bonchev–Trinajstić information content (AvgIpc) is 2.27. The van der Waals surface area contributed by atoms with E-state index in [1.807, 2.05) is 0 Å². The summed E-state index contributed by atoms with van der Waals surface area (Å²) in [6, 6.07) is 0.558. The Bertz CT molecular complexity index is 195. The van der Waals surface area contributed by atoms with Crippen molar-refractivity contribution < 1.29 is 4.74 Å². The summed E-state index contributed by atoms with van der Waals surface area (Å²) in [5.41, 5.74) is 0.136. The highest BCUT2D eigenvalue weighted by Crippen LogP contribution is 2.31. The fraction of sp³-hybridized carbons (Fsp3) is 1.00. The molecule has 1 N–H and O–H groups in total. The molecule has 102 valence electrons. The van der Waals surface area contributed by atoms with Gasteiger partial charge in [0.25, 0.3) is 0 Å². The first-order valence-corrected chi connectivity index (χ1v) is 7.41. The lowest BCUT2D eigenvalue weighted by molar-refractivity contribution is -0.0725. The lowest BCUT2D eigenvalue weighted by Gasteiger charge is -2.38. The smallest absolute Gasteiger partial charge is 0.0806 e. The molecule has 0 heterocycles. The van der Waals surface area contributed by atoms with Crippen LogP contribution in [0.3, 0.4) is 0 Å². The topological polar surface area (TPSA) is 21.3 Å². The Balaban J connectivity index is 2.40. The van der Waals surface area contributed by atoms with E-state index in [2.05, 4.69) is 33.0 Å². The quantitative estimate of drug-likeness (QED) is 0.733. The molecule has 0 aromatic rings. The molecule has 1 aliphatic carbocycles. The molecule has 0 saturated heterocycles. The first kappa shape index (κ1) is 15.0. The summed E-state index contributed by atoms with van der Waals surface area (Å²) in [7, 11) is 0. The predicted octanol–water partition coefficient (Wildman–Crippen LogP) is 3.75. The molecule has 1 fully saturated rings. The van der Waals surface area contributed by atoms with Crippen molar-refractivity contribution >= 4 is 0 Å². The van der Waals surface area contributed by atoms with Crippen molar-refractivity contribution in [1.82, 2.24) is 5.32 Å². The third-order valence-electron chi connectivity index (χ3n) is 3.70. The molecule has 1 saturated carbocycles. The molecule has 1 aliphatic rings. The summed E-state index contributed by atoms with van der Waals surface area (Å²) >= 11 is 0. The zero-order chi connectivity index (χ0) is 12.7. The van der Waals surface area contributed by atoms with Crippen molar-refractivity contribution in [2.24, 2.45) is 5.92 Å². The van der Waals surface area contributed by atoms with Gasteiger partial charge >= 0.3 is 0 Å². The van der Waals surface area contributed by atoms with Gasteiger partial charge in [-0.15, -0.1) is 0 Å². The Morgan fingerprint density at radius 3 is 2.24 bits per heavy atom. The molecule has 1 rings (SSSR count). The van der Waals surface area contributed by atoms with Gasteiger partial charge in [-0.2, -0.15) is 0 Å². The summed E-state index contributed by atoms with van der Waals surface area (Å²) in [6.45, 7) is 10.9. The number of hydrogen-bond donors (Lipinski definition) is 1. The van der Waals surface area contributed by atoms with Gasteiger partial charge < -0.3 is 10.1 Å². The zero-order valence-electron chi connectivity index (χ0n) is 12.2. The molecular formula is C15H31NO. The maximum Gasteiger partial charge on any atom is 0.0806 e. The summed E-state index contributed by atoms with van der Waals surface area (Å²) in [5, 5.41) is 3.57. The molecule has 0 atom stereocenters. The molecule has 0 radical (unpaired) electrons. The van der Waals surface area contributed by atoms with Crippen molar-refractivity contribution in [1.29, 1.82) is 0 Å². The van der Waals surface area contributed by atoms with Crippen molar-refractivity contribution in [2.75, 3.05) is 13.2 Å². The number of ether oxygens (including phenoxy) is 1. The second-order valence-electron chi connectivity index (χ2n) is 6.31. The van der Waals surface area contributed by atoms with Crippen LogP contribution in [-0.4, -0.2) is 24.8 Å². The van der Waals surface area contributed by atoms with E-state index in [1.165, 1.54) is 38.5 Å². The average molecular weight is 241 g/mol. The van der Waals surface area contributed by atoms with Gasteiger partial charge in [0.2, 0.25) is 0 Å². The third kappa shape index (κ3) is 5.87. The van der Waals surface area contributed by atoms with Gasteiger partial charge in [0.1, 0.15) is 0 Å². The van der Waals surface area contributed by atoms with Crippen LogP contribution < -0.4 is 5.32 Å². The Labute approximate surface area is 108 Å². The second kappa shape index (κ2) is 7.38. The SMILES string of the molecule is CC(C)CCOC1(CNC(C)C)CCCCC1. The molecule has 0 aliphatic heterocycles. The maximum atomic E-state index is 6.27. The molecule has 0 spiro atoms. The van der Waals surface area contributed by atoms with Crippen molar-refractivity contribution in [3.63, 3.8) is 0 Å². The van der Waals surface area contributed by atoms with Crippen LogP contribution in [0.25, 0.3) is 0 Å². The molecule has 0 aromatic carbocycles. The highest BCUT2D eigenvalue weighted by molar-refractivity contribution is 4.87. The van der Waals surface area contributed by atoms with Gasteiger partial charge in [-0.05, 0) is 25.2 Å². The van der Waals surface area contributed by atoms with E-state index >= 15 is 0 Å². The van der Waals surface area contributed by atoms with Crippen molar-refractivity contribution in [3.8, 4) is 0 Å². The monoisotopic (exact) mass is 241 g/mol. The first-order valence-electron chi connectivity index (χ1n) is 7.41. The normalized spacial score (nSPS) is 20.1. The largest absolute Gasteiger partial charge is 0.374 e. The van der Waals surface area contributed by atoms with Crippen LogP contribution in [0.15, 0.2) is 0 Å². The first-order chi connectivity index (χ1) is 8.04. The minimum absolute atomic E-state index is 0.136. The van der Waals surface area contributed by atoms with Gasteiger partial charge in [-0.25, -0.2) is 0 Å². The molecule has 0 aromatic heterocycles. The maximum absolute atomic E-state index is 6.27. The Morgan fingerprint density at radius 2 is 1.71 bits per heavy atom. The van der Waals surface area contributed by atoms with E-state index in [1.54, 1.807) is 0 Å². The minimum atomic E-state index is 0.136. The lowest BCUT2D eigenvalue weighted by Crippen LogP contribution is -2.46. The van der Waals surface area contributed by atoms with Gasteiger partial charge in [0, 0.05) is 19.2 Å². The third-order valence-corrected chi connectivity index (χ3v) is 3.70. The Hall–Kier alpha value is -0.0800. The van der Waals surface area contributed by atoms with E-state index in [0.717, 1.165) is 19.1 Å². The zero-order valence-corrected chi connectivity index (χ0v) is 12.2. The molecule has 0 amide bonds. The molecule has 17 heavy (non-hydrogen) atoms. The van der Waals surface area contributed by atoms with Gasteiger partial charge in [0.05, 0.1) is 5.60 Å². The molecule has 0 unspecified atom stereocenters. The van der Waals surface area contributed by atoms with E-state index in [9.17, 15) is 0 Å². The van der Waals surface area contributed by atoms with Crippen LogP contribution in [0.2, 0.25) is 0 Å². The second-order valence-corrected chi connectivity index (χ2v) is 6.31. The number of nitrogens with one attached hydrogen (secondary N) is 1. The van der Waals surface area contributed by atoms with E-state index in [4.69, 9.17) is 4.74 Å². The molecular weight excluding hydrogens is 210 g/mol. The van der Waals surface area contributed by atoms with Crippen LogP contribution in [0, 0.1) is 5.92 Å². The Kier molecular flexibility index (Phi) is 6.50. The van der Waals surface area contributed by atoms with Crippen LogP contribution in [-0.2, 0) is 4.74 Å². The van der Waals surface area contributed by atoms with Crippen molar-refractivity contribution in [3.05, 3.63) is 0 Å². The number of rotatable bonds is 7. The highest BCUT2D eigenvalue weighted by atomic mass is 16.5. The predicted molar refractivity (Wildman–Crippen MR) is 74.4 cm³/mol. The van der Waals surface area contributed by atoms with Crippen molar-refractivity contribution in [2.45, 2.75) is 77.9 Å². The van der Waals surface area contributed by atoms with Crippen LogP contribution in [0.4, 0.5) is 0 Å². The summed E-state index contributed by atoms with van der Waals surface area (Å²) in [5.74, 6) is 0.744. The van der Waals surface area contributed by atoms with Gasteiger partial charge in [-0.3, -0.25) is 0 Å². The molecule has 0 bridgehead atoms. The van der Waals surface area contributed by atoms with Crippen LogP contribution in [0.5, 0.6) is 0 Å². The van der Waals surface area contributed by atoms with Crippen LogP contribution >= 0.6 is 0 Å². The van der Waals surface area contributed by atoms with Crippen LogP contribution in [0.1, 0.15) is 66.2 Å². The van der Waals surface area contributed by atoms with Gasteiger partial charge in [-0.1, -0.05) is 47.0 Å². The summed E-state index contributed by atoms with van der Waals surface area (Å²) in [6.07, 6.45) is 7.72. The standard InChI is InChI=1S/C15H31NO/c1-13(2)8-11-17-15(12-16-14(3)4)9-6-5-7-10-15/h13-14,16H,5-12H2,1-4H3. The fourth-order valence-electron chi connectivity index (χ4n) is 2.47. The van der Waals surface area contributed by atoms with E-state index in [-0.39, 0.29) is 5.60 Å². The Morgan fingerprint density at radius 1 is 1.06 bits per heavy atom. The van der Waals surface area contributed by atoms with E-state index < -0.39 is 0 Å². The summed E-state index contributed by atoms with van der Waals surface area (Å²) in [4.78, 5) is 0.